The van der Waals surface area contributed by atoms with Crippen LogP contribution in [0, 0.1) is 23.2 Å². The van der Waals surface area contributed by atoms with Gasteiger partial charge in [-0.2, -0.15) is 0 Å². The first-order valence-corrected chi connectivity index (χ1v) is 13.1. The Kier molecular flexibility index (Phi) is 5.68. The van der Waals surface area contributed by atoms with Crippen molar-refractivity contribution >= 4 is 34.5 Å². The first-order chi connectivity index (χ1) is 15.8. The lowest BCUT2D eigenvalue weighted by atomic mass is 9.47. The van der Waals surface area contributed by atoms with Crippen LogP contribution in [-0.4, -0.2) is 32.2 Å². The molecule has 5 aliphatic rings. The molecular weight excluding hydrogens is 440 g/mol. The van der Waals surface area contributed by atoms with Crippen molar-refractivity contribution in [2.24, 2.45) is 28.9 Å². The van der Waals surface area contributed by atoms with E-state index in [-0.39, 0.29) is 29.7 Å². The normalized spacial score (nSPS) is 35.1. The van der Waals surface area contributed by atoms with Crippen molar-refractivity contribution in [3.8, 4) is 0 Å². The second-order valence-corrected chi connectivity index (χ2v) is 11.6. The number of carbonyl (C=O) groups is 2. The second-order valence-electron chi connectivity index (χ2n) is 10.8. The molecule has 9 heteroatoms. The van der Waals surface area contributed by atoms with Gasteiger partial charge in [-0.1, -0.05) is 31.4 Å². The fourth-order valence-corrected chi connectivity index (χ4v) is 8.51. The number of benzene rings is 1. The molecule has 5 N–H and O–H groups in total. The van der Waals surface area contributed by atoms with E-state index in [2.05, 4.69) is 5.32 Å². The molecule has 0 aliphatic heterocycles. The van der Waals surface area contributed by atoms with E-state index < -0.39 is 22.2 Å². The van der Waals surface area contributed by atoms with Crippen LogP contribution in [0.2, 0.25) is 0 Å². The van der Waals surface area contributed by atoms with Gasteiger partial charge in [0.2, 0.25) is 11.8 Å². The minimum Gasteiger partial charge on any atom is -0.755 e. The molecule has 0 aromatic heterocycles. The topological polar surface area (TPSA) is 142 Å². The van der Waals surface area contributed by atoms with Crippen molar-refractivity contribution in [3.05, 3.63) is 24.3 Å². The Bertz CT molecular complexity index is 963. The number of rotatable bonds is 6. The van der Waals surface area contributed by atoms with Gasteiger partial charge in [0.15, 0.2) is 0 Å². The Morgan fingerprint density at radius 3 is 2.27 bits per heavy atom. The molecule has 0 spiro atoms. The van der Waals surface area contributed by atoms with Gasteiger partial charge in [-0.25, -0.2) is 0 Å². The quantitative estimate of drug-likeness (QED) is 0.429. The van der Waals surface area contributed by atoms with Gasteiger partial charge < -0.3 is 21.3 Å². The van der Waals surface area contributed by atoms with Gasteiger partial charge >= 0.3 is 0 Å². The molecule has 4 bridgehead atoms. The zero-order valence-electron chi connectivity index (χ0n) is 18.8. The summed E-state index contributed by atoms with van der Waals surface area (Å²) in [4.78, 5) is 26.3. The summed E-state index contributed by atoms with van der Waals surface area (Å²) in [5.74, 6) is 0.465. The molecule has 0 heterocycles. The Balaban J connectivity index is 1.46. The van der Waals surface area contributed by atoms with Gasteiger partial charge in [-0.3, -0.25) is 18.1 Å². The monoisotopic (exact) mass is 473 g/mol. The molecule has 6 rings (SSSR count). The van der Waals surface area contributed by atoms with Crippen LogP contribution in [0.1, 0.15) is 64.2 Å². The molecule has 0 radical (unpaired) electrons. The summed E-state index contributed by atoms with van der Waals surface area (Å²) in [5.41, 5.74) is 11.0. The number of hydrogen-bond acceptors (Lipinski definition) is 5. The number of hydrogen-bond donors (Lipinski definition) is 3. The lowest BCUT2D eigenvalue weighted by molar-refractivity contribution is -0.148. The minimum atomic E-state index is -2.66. The van der Waals surface area contributed by atoms with E-state index in [0.717, 1.165) is 51.4 Å². The SMILES string of the molecule is NC(=O)C12CC3CC(C1)C(NC(=O)C1(N(c4ccccc4N)S(=O)[O-])CCCCC1)C(C3)C2. The summed E-state index contributed by atoms with van der Waals surface area (Å²) in [7, 11) is 0. The highest BCUT2D eigenvalue weighted by atomic mass is 32.2. The van der Waals surface area contributed by atoms with Gasteiger partial charge in [0.05, 0.1) is 11.4 Å². The molecule has 8 nitrogen and oxygen atoms in total. The van der Waals surface area contributed by atoms with Crippen LogP contribution >= 0.6 is 0 Å². The average molecular weight is 474 g/mol. The molecule has 3 unspecified atom stereocenters. The highest BCUT2D eigenvalue weighted by Crippen LogP contribution is 2.60. The number of nitrogens with two attached hydrogens (primary N) is 2. The molecule has 33 heavy (non-hydrogen) atoms. The van der Waals surface area contributed by atoms with Crippen LogP contribution in [0.4, 0.5) is 11.4 Å². The Morgan fingerprint density at radius 2 is 1.70 bits per heavy atom. The zero-order valence-corrected chi connectivity index (χ0v) is 19.6. The summed E-state index contributed by atoms with van der Waals surface area (Å²) < 4.78 is 26.3. The third kappa shape index (κ3) is 3.64. The van der Waals surface area contributed by atoms with Crippen LogP contribution < -0.4 is 21.1 Å². The molecule has 1 aromatic carbocycles. The van der Waals surface area contributed by atoms with E-state index in [1.54, 1.807) is 24.3 Å². The maximum Gasteiger partial charge on any atom is 0.247 e. The predicted molar refractivity (Wildman–Crippen MR) is 125 cm³/mol. The smallest absolute Gasteiger partial charge is 0.247 e. The third-order valence-electron chi connectivity index (χ3n) is 8.89. The van der Waals surface area contributed by atoms with Crippen LogP contribution in [0.25, 0.3) is 0 Å². The lowest BCUT2D eigenvalue weighted by Crippen LogP contribution is -2.67. The predicted octanol–water partition coefficient (Wildman–Crippen LogP) is 2.37. The number of nitrogens with zero attached hydrogens (tertiary/aromatic N) is 1. The van der Waals surface area contributed by atoms with Crippen molar-refractivity contribution < 1.29 is 18.4 Å². The minimum absolute atomic E-state index is 0.0459. The molecule has 1 aromatic rings. The first-order valence-electron chi connectivity index (χ1n) is 12.1. The van der Waals surface area contributed by atoms with E-state index >= 15 is 0 Å². The maximum atomic E-state index is 14.0. The summed E-state index contributed by atoms with van der Waals surface area (Å²) in [6, 6.07) is 6.76. The number of amides is 2. The summed E-state index contributed by atoms with van der Waals surface area (Å²) in [5, 5.41) is 3.31. The number of primary amides is 1. The molecule has 3 atom stereocenters. The zero-order chi connectivity index (χ0) is 23.4. The van der Waals surface area contributed by atoms with Crippen molar-refractivity contribution in [1.82, 2.24) is 5.32 Å². The van der Waals surface area contributed by atoms with E-state index in [4.69, 9.17) is 11.5 Å². The van der Waals surface area contributed by atoms with E-state index in [1.807, 2.05) is 0 Å². The number of carbonyl (C=O) groups excluding carboxylic acids is 2. The van der Waals surface area contributed by atoms with Gasteiger partial charge in [0, 0.05) is 22.7 Å². The van der Waals surface area contributed by atoms with Gasteiger partial charge in [0.25, 0.3) is 0 Å². The van der Waals surface area contributed by atoms with Crippen LogP contribution in [0.5, 0.6) is 0 Å². The van der Waals surface area contributed by atoms with Crippen LogP contribution in [-0.2, 0) is 20.9 Å². The second kappa shape index (κ2) is 8.27. The maximum absolute atomic E-state index is 14.0. The fourth-order valence-electron chi connectivity index (χ4n) is 7.63. The molecule has 180 valence electrons. The Hall–Kier alpha value is -2.13. The molecule has 5 aliphatic carbocycles. The molecular formula is C24H33N4O4S-. The summed E-state index contributed by atoms with van der Waals surface area (Å²) >= 11 is -2.66. The Labute approximate surface area is 197 Å². The standard InChI is InChI=1S/C24H34N4O4S/c25-18-6-2-3-7-19(18)28(33(31)32)24(8-4-1-5-9-24)22(30)27-20-16-10-15-11-17(20)14-23(12-15,13-16)21(26)29/h2-3,6-7,15-17,20H,1,4-5,8-14,25H2,(H2,26,29)(H,27,30)(H,31,32)/p-1. The average Bonchev–Trinajstić information content (AvgIpc) is 2.77. The number of anilines is 2. The van der Waals surface area contributed by atoms with Gasteiger partial charge in [-0.15, -0.1) is 0 Å². The number of nitrogens with one attached hydrogen (secondary N) is 1. The van der Waals surface area contributed by atoms with Gasteiger partial charge in [0.1, 0.15) is 5.54 Å². The molecule has 0 saturated heterocycles. The van der Waals surface area contributed by atoms with Crippen molar-refractivity contribution in [2.75, 3.05) is 10.0 Å². The molecule has 2 amide bonds. The fraction of sp³-hybridized carbons (Fsp3) is 0.667. The number of para-hydroxylation sites is 2. The number of nitrogen functional groups attached to an aromatic ring is 1. The molecule has 5 fully saturated rings. The van der Waals surface area contributed by atoms with E-state index in [9.17, 15) is 18.4 Å². The lowest BCUT2D eigenvalue weighted by Gasteiger charge is -2.59. The van der Waals surface area contributed by atoms with Crippen molar-refractivity contribution in [3.63, 3.8) is 0 Å². The third-order valence-corrected chi connectivity index (χ3v) is 9.73. The van der Waals surface area contributed by atoms with Gasteiger partial charge in [-0.05, 0) is 74.8 Å². The van der Waals surface area contributed by atoms with E-state index in [1.165, 1.54) is 4.31 Å². The summed E-state index contributed by atoms with van der Waals surface area (Å²) in [6.07, 6.45) is 7.72. The largest absolute Gasteiger partial charge is 0.755 e. The van der Waals surface area contributed by atoms with Crippen molar-refractivity contribution in [1.29, 1.82) is 0 Å². The van der Waals surface area contributed by atoms with E-state index in [0.29, 0.717) is 30.1 Å². The highest BCUT2D eigenvalue weighted by molar-refractivity contribution is 7.80. The van der Waals surface area contributed by atoms with Crippen LogP contribution in [0.15, 0.2) is 24.3 Å². The highest BCUT2D eigenvalue weighted by Gasteiger charge is 2.59. The first kappa shape index (κ1) is 22.7. The van der Waals surface area contributed by atoms with Crippen LogP contribution in [0.3, 0.4) is 0 Å². The molecule has 5 saturated carbocycles. The Morgan fingerprint density at radius 1 is 1.06 bits per heavy atom. The van der Waals surface area contributed by atoms with Crippen molar-refractivity contribution in [2.45, 2.75) is 75.8 Å². The summed E-state index contributed by atoms with van der Waals surface area (Å²) in [6.45, 7) is 0.